The number of carbonyl (C=O) groups excluding carboxylic acids is 1. The second kappa shape index (κ2) is 6.73. The number of benzene rings is 1. The van der Waals surface area contributed by atoms with Crippen molar-refractivity contribution in [2.45, 2.75) is 12.5 Å². The van der Waals surface area contributed by atoms with Crippen LogP contribution in [-0.4, -0.2) is 18.2 Å². The van der Waals surface area contributed by atoms with Crippen LogP contribution >= 0.6 is 28.3 Å². The molecular formula is C10H13BrClNO3. The van der Waals surface area contributed by atoms with Crippen LogP contribution in [0.2, 0.25) is 0 Å². The Morgan fingerprint density at radius 1 is 1.62 bits per heavy atom. The van der Waals surface area contributed by atoms with Crippen LogP contribution in [-0.2, 0) is 9.53 Å². The van der Waals surface area contributed by atoms with Crippen LogP contribution in [0.4, 0.5) is 0 Å². The van der Waals surface area contributed by atoms with Gasteiger partial charge in [0.2, 0.25) is 0 Å². The number of phenols is 1. The van der Waals surface area contributed by atoms with E-state index < -0.39 is 12.0 Å². The fraction of sp³-hybridized carbons (Fsp3) is 0.300. The van der Waals surface area contributed by atoms with Gasteiger partial charge in [-0.2, -0.15) is 0 Å². The van der Waals surface area contributed by atoms with Crippen molar-refractivity contribution in [2.75, 3.05) is 7.11 Å². The highest BCUT2D eigenvalue weighted by Gasteiger charge is 2.15. The first kappa shape index (κ1) is 15.2. The van der Waals surface area contributed by atoms with Gasteiger partial charge >= 0.3 is 5.97 Å². The van der Waals surface area contributed by atoms with Gasteiger partial charge < -0.3 is 15.6 Å². The predicted octanol–water partition coefficient (Wildman–Crippen LogP) is 2.14. The van der Waals surface area contributed by atoms with Crippen LogP contribution < -0.4 is 5.73 Å². The Morgan fingerprint density at radius 3 is 2.81 bits per heavy atom. The third-order valence-corrected chi connectivity index (χ3v) is 2.50. The molecule has 0 unspecified atom stereocenters. The molecule has 0 aliphatic rings. The van der Waals surface area contributed by atoms with Crippen LogP contribution in [0.15, 0.2) is 22.7 Å². The van der Waals surface area contributed by atoms with Crippen molar-refractivity contribution >= 4 is 34.3 Å². The lowest BCUT2D eigenvalue weighted by atomic mass is 10.0. The summed E-state index contributed by atoms with van der Waals surface area (Å²) in [5.41, 5.74) is 6.28. The van der Waals surface area contributed by atoms with Crippen LogP contribution in [0.25, 0.3) is 0 Å². The number of esters is 1. The maximum Gasteiger partial charge on any atom is 0.307 e. The molecular weight excluding hydrogens is 297 g/mol. The summed E-state index contributed by atoms with van der Waals surface area (Å²) in [6.07, 6.45) is 0.0422. The Balaban J connectivity index is 0.00000225. The molecule has 1 aromatic carbocycles. The van der Waals surface area contributed by atoms with E-state index >= 15 is 0 Å². The van der Waals surface area contributed by atoms with Crippen LogP contribution in [0.3, 0.4) is 0 Å². The fourth-order valence-corrected chi connectivity index (χ4v) is 1.57. The van der Waals surface area contributed by atoms with Crippen molar-refractivity contribution in [1.29, 1.82) is 0 Å². The molecule has 0 aliphatic carbocycles. The third-order valence-electron chi connectivity index (χ3n) is 2.00. The number of halogens is 2. The molecule has 0 bridgehead atoms. The standard InChI is InChI=1S/C10H12BrNO3.ClH/c1-15-10(14)5-8(12)7-4-6(11)2-3-9(7)13;/h2-4,8,13H,5,12H2,1H3;1H/t8-;/m0./s1. The summed E-state index contributed by atoms with van der Waals surface area (Å²) in [6.45, 7) is 0. The number of aromatic hydroxyl groups is 1. The average molecular weight is 311 g/mol. The van der Waals surface area contributed by atoms with Crippen molar-refractivity contribution in [3.05, 3.63) is 28.2 Å². The summed E-state index contributed by atoms with van der Waals surface area (Å²) < 4.78 is 5.30. The Labute approximate surface area is 108 Å². The smallest absolute Gasteiger partial charge is 0.307 e. The molecule has 0 fully saturated rings. The first-order valence-corrected chi connectivity index (χ1v) is 5.14. The average Bonchev–Trinajstić information content (AvgIpc) is 2.21. The number of methoxy groups -OCH3 is 1. The topological polar surface area (TPSA) is 72.5 Å². The monoisotopic (exact) mass is 309 g/mol. The molecule has 0 amide bonds. The lowest BCUT2D eigenvalue weighted by molar-refractivity contribution is -0.141. The molecule has 1 rings (SSSR count). The van der Waals surface area contributed by atoms with E-state index in [2.05, 4.69) is 20.7 Å². The molecule has 4 nitrogen and oxygen atoms in total. The minimum absolute atomic E-state index is 0. The van der Waals surface area contributed by atoms with Crippen molar-refractivity contribution in [3.8, 4) is 5.75 Å². The molecule has 0 heterocycles. The van der Waals surface area contributed by atoms with Gasteiger partial charge in [-0.1, -0.05) is 15.9 Å². The van der Waals surface area contributed by atoms with Gasteiger partial charge in [0.1, 0.15) is 5.75 Å². The minimum atomic E-state index is -0.560. The van der Waals surface area contributed by atoms with Gasteiger partial charge in [-0.15, -0.1) is 12.4 Å². The highest BCUT2D eigenvalue weighted by atomic mass is 79.9. The predicted molar refractivity (Wildman–Crippen MR) is 66.6 cm³/mol. The number of nitrogens with two attached hydrogens (primary N) is 1. The Hall–Kier alpha value is -0.780. The zero-order valence-electron chi connectivity index (χ0n) is 8.64. The SMILES string of the molecule is COC(=O)C[C@H](N)c1cc(Br)ccc1O.Cl. The van der Waals surface area contributed by atoms with Crippen LogP contribution in [0.1, 0.15) is 18.0 Å². The number of rotatable bonds is 3. The summed E-state index contributed by atoms with van der Waals surface area (Å²) in [7, 11) is 1.30. The number of ether oxygens (including phenoxy) is 1. The number of phenolic OH excluding ortho intramolecular Hbond substituents is 1. The first-order valence-electron chi connectivity index (χ1n) is 4.35. The lowest BCUT2D eigenvalue weighted by Crippen LogP contribution is -2.16. The van der Waals surface area contributed by atoms with Crippen molar-refractivity contribution in [3.63, 3.8) is 0 Å². The van der Waals surface area contributed by atoms with Gasteiger partial charge in [0.15, 0.2) is 0 Å². The molecule has 0 saturated heterocycles. The van der Waals surface area contributed by atoms with E-state index in [4.69, 9.17) is 5.73 Å². The molecule has 6 heteroatoms. The van der Waals surface area contributed by atoms with Gasteiger partial charge in [0, 0.05) is 16.1 Å². The summed E-state index contributed by atoms with van der Waals surface area (Å²) in [4.78, 5) is 11.0. The summed E-state index contributed by atoms with van der Waals surface area (Å²) in [5.74, 6) is -0.323. The van der Waals surface area contributed by atoms with E-state index in [9.17, 15) is 9.90 Å². The van der Waals surface area contributed by atoms with Crippen LogP contribution in [0.5, 0.6) is 5.75 Å². The van der Waals surface area contributed by atoms with Crippen LogP contribution in [0, 0.1) is 0 Å². The van der Waals surface area contributed by atoms with Gasteiger partial charge in [-0.25, -0.2) is 0 Å². The lowest BCUT2D eigenvalue weighted by Gasteiger charge is -2.12. The molecule has 0 spiro atoms. The summed E-state index contributed by atoms with van der Waals surface area (Å²) in [5, 5.41) is 9.54. The van der Waals surface area contributed by atoms with E-state index in [1.165, 1.54) is 13.2 Å². The highest BCUT2D eigenvalue weighted by molar-refractivity contribution is 9.10. The Bertz CT molecular complexity index is 373. The van der Waals surface area contributed by atoms with Gasteiger partial charge in [-0.3, -0.25) is 4.79 Å². The van der Waals surface area contributed by atoms with E-state index in [0.29, 0.717) is 5.56 Å². The van der Waals surface area contributed by atoms with E-state index in [-0.39, 0.29) is 24.6 Å². The number of hydrogen-bond donors (Lipinski definition) is 2. The maximum absolute atomic E-state index is 11.0. The fourth-order valence-electron chi connectivity index (χ4n) is 1.20. The molecule has 3 N–H and O–H groups in total. The number of hydrogen-bond acceptors (Lipinski definition) is 4. The normalized spacial score (nSPS) is 11.4. The van der Waals surface area contributed by atoms with Crippen molar-refractivity contribution in [2.24, 2.45) is 5.73 Å². The zero-order chi connectivity index (χ0) is 11.4. The van der Waals surface area contributed by atoms with E-state index in [1.54, 1.807) is 12.1 Å². The molecule has 1 atom stereocenters. The number of carbonyl (C=O) groups is 1. The largest absolute Gasteiger partial charge is 0.508 e. The maximum atomic E-state index is 11.0. The second-order valence-corrected chi connectivity index (χ2v) is 4.01. The van der Waals surface area contributed by atoms with E-state index in [0.717, 1.165) is 4.47 Å². The van der Waals surface area contributed by atoms with Gasteiger partial charge in [-0.05, 0) is 18.2 Å². The third kappa shape index (κ3) is 4.00. The van der Waals surface area contributed by atoms with Gasteiger partial charge in [0.05, 0.1) is 13.5 Å². The quantitative estimate of drug-likeness (QED) is 0.839. The Kier molecular flexibility index (Phi) is 6.40. The molecule has 16 heavy (non-hydrogen) atoms. The molecule has 0 aromatic heterocycles. The molecule has 1 aromatic rings. The minimum Gasteiger partial charge on any atom is -0.508 e. The first-order chi connectivity index (χ1) is 7.04. The van der Waals surface area contributed by atoms with E-state index in [1.807, 2.05) is 0 Å². The highest BCUT2D eigenvalue weighted by Crippen LogP contribution is 2.28. The molecule has 90 valence electrons. The zero-order valence-corrected chi connectivity index (χ0v) is 11.0. The Morgan fingerprint density at radius 2 is 2.25 bits per heavy atom. The van der Waals surface area contributed by atoms with Gasteiger partial charge in [0.25, 0.3) is 0 Å². The summed E-state index contributed by atoms with van der Waals surface area (Å²) >= 11 is 3.27. The van der Waals surface area contributed by atoms with Crippen molar-refractivity contribution < 1.29 is 14.6 Å². The second-order valence-electron chi connectivity index (χ2n) is 3.09. The van der Waals surface area contributed by atoms with Crippen molar-refractivity contribution in [1.82, 2.24) is 0 Å². The summed E-state index contributed by atoms with van der Waals surface area (Å²) in [6, 6.07) is 4.35. The molecule has 0 saturated carbocycles. The molecule has 0 aliphatic heterocycles. The molecule has 0 radical (unpaired) electrons.